The molecule has 2 rings (SSSR count). The van der Waals surface area contributed by atoms with Crippen LogP contribution in [0.15, 0.2) is 11.4 Å². The maximum atomic E-state index is 12.2. The summed E-state index contributed by atoms with van der Waals surface area (Å²) in [6, 6.07) is 2.11. The van der Waals surface area contributed by atoms with Crippen LogP contribution in [0.5, 0.6) is 0 Å². The molecule has 1 heterocycles. The van der Waals surface area contributed by atoms with Gasteiger partial charge in [0, 0.05) is 19.0 Å². The summed E-state index contributed by atoms with van der Waals surface area (Å²) in [6.07, 6.45) is 2.14. The van der Waals surface area contributed by atoms with Gasteiger partial charge in [-0.1, -0.05) is 0 Å². The predicted octanol–water partition coefficient (Wildman–Crippen LogP) is 2.36. The third kappa shape index (κ3) is 3.30. The quantitative estimate of drug-likeness (QED) is 0.803. The first-order valence-corrected chi connectivity index (χ1v) is 6.97. The molecule has 0 atom stereocenters. The first-order chi connectivity index (χ1) is 8.08. The number of carbonyl (C=O) groups excluding carboxylic acids is 1. The number of thiophene rings is 1. The zero-order valence-electron chi connectivity index (χ0n) is 10.8. The molecule has 1 fully saturated rings. The monoisotopic (exact) mass is 252 g/mol. The first kappa shape index (κ1) is 12.6. The topological polar surface area (TPSA) is 23.6 Å². The van der Waals surface area contributed by atoms with Crippen LogP contribution in [-0.2, 0) is 4.79 Å². The molecule has 1 saturated carbocycles. The molecule has 0 saturated heterocycles. The molecule has 17 heavy (non-hydrogen) atoms. The van der Waals surface area contributed by atoms with Gasteiger partial charge < -0.3 is 9.80 Å². The van der Waals surface area contributed by atoms with E-state index in [1.165, 1.54) is 5.56 Å². The lowest BCUT2D eigenvalue weighted by Gasteiger charge is -2.23. The fourth-order valence-corrected chi connectivity index (χ4v) is 2.67. The Kier molecular flexibility index (Phi) is 3.84. The van der Waals surface area contributed by atoms with E-state index in [9.17, 15) is 4.79 Å². The number of anilines is 1. The van der Waals surface area contributed by atoms with Crippen molar-refractivity contribution in [2.75, 3.05) is 32.1 Å². The minimum absolute atomic E-state index is 0.291. The highest BCUT2D eigenvalue weighted by molar-refractivity contribution is 7.14. The second-order valence-corrected chi connectivity index (χ2v) is 5.92. The van der Waals surface area contributed by atoms with E-state index in [0.717, 1.165) is 30.9 Å². The van der Waals surface area contributed by atoms with Crippen molar-refractivity contribution in [3.63, 3.8) is 0 Å². The Hall–Kier alpha value is -0.870. The van der Waals surface area contributed by atoms with E-state index in [-0.39, 0.29) is 0 Å². The van der Waals surface area contributed by atoms with Gasteiger partial charge >= 0.3 is 0 Å². The molecule has 0 spiro atoms. The average Bonchev–Trinajstić information content (AvgIpc) is 3.02. The van der Waals surface area contributed by atoms with Crippen LogP contribution < -0.4 is 4.90 Å². The molecule has 4 heteroatoms. The normalized spacial score (nSPS) is 15.3. The van der Waals surface area contributed by atoms with Gasteiger partial charge in [-0.05, 0) is 50.9 Å². The van der Waals surface area contributed by atoms with Gasteiger partial charge in [0.25, 0.3) is 0 Å². The summed E-state index contributed by atoms with van der Waals surface area (Å²) in [4.78, 5) is 16.3. The maximum absolute atomic E-state index is 12.2. The molecule has 94 valence electrons. The number of aryl methyl sites for hydroxylation is 1. The van der Waals surface area contributed by atoms with Gasteiger partial charge in [-0.3, -0.25) is 4.79 Å². The lowest BCUT2D eigenvalue weighted by Crippen LogP contribution is -2.37. The Morgan fingerprint density at radius 2 is 2.12 bits per heavy atom. The van der Waals surface area contributed by atoms with Crippen LogP contribution in [0.3, 0.4) is 0 Å². The molecule has 0 aromatic carbocycles. The van der Waals surface area contributed by atoms with Crippen LogP contribution in [0.1, 0.15) is 18.4 Å². The Morgan fingerprint density at radius 3 is 2.59 bits per heavy atom. The van der Waals surface area contributed by atoms with Gasteiger partial charge in [0.05, 0.1) is 5.00 Å². The molecule has 1 aromatic rings. The molecule has 1 aliphatic carbocycles. The number of nitrogens with zero attached hydrogens (tertiary/aromatic N) is 2. The van der Waals surface area contributed by atoms with Crippen molar-refractivity contribution >= 4 is 22.2 Å². The number of carbonyl (C=O) groups is 1. The highest BCUT2D eigenvalue weighted by atomic mass is 32.1. The molecule has 1 aliphatic rings. The number of hydrogen-bond acceptors (Lipinski definition) is 3. The molecule has 1 amide bonds. The Morgan fingerprint density at radius 1 is 1.41 bits per heavy atom. The van der Waals surface area contributed by atoms with E-state index in [1.807, 2.05) is 19.0 Å². The fraction of sp³-hybridized carbons (Fsp3) is 0.615. The van der Waals surface area contributed by atoms with Gasteiger partial charge in [0.2, 0.25) is 5.91 Å². The zero-order chi connectivity index (χ0) is 12.4. The number of hydrogen-bond donors (Lipinski definition) is 0. The van der Waals surface area contributed by atoms with E-state index >= 15 is 0 Å². The Labute approximate surface area is 107 Å². The van der Waals surface area contributed by atoms with Crippen LogP contribution in [0, 0.1) is 12.8 Å². The van der Waals surface area contributed by atoms with Crippen LogP contribution >= 0.6 is 11.3 Å². The standard InChI is InChI=1S/C13H20N2OS/c1-10-8-12(17-9-10)15(7-6-14(2)3)13(16)11-4-5-11/h8-9,11H,4-7H2,1-3H3. The van der Waals surface area contributed by atoms with Crippen molar-refractivity contribution in [1.82, 2.24) is 4.90 Å². The smallest absolute Gasteiger partial charge is 0.230 e. The van der Waals surface area contributed by atoms with Gasteiger partial charge in [0.15, 0.2) is 0 Å². The highest BCUT2D eigenvalue weighted by Crippen LogP contribution is 2.34. The van der Waals surface area contributed by atoms with Crippen molar-refractivity contribution < 1.29 is 4.79 Å². The van der Waals surface area contributed by atoms with E-state index in [0.29, 0.717) is 11.8 Å². The molecule has 0 N–H and O–H groups in total. The van der Waals surface area contributed by atoms with Gasteiger partial charge in [-0.15, -0.1) is 11.3 Å². The van der Waals surface area contributed by atoms with E-state index in [2.05, 4.69) is 23.3 Å². The van der Waals surface area contributed by atoms with Gasteiger partial charge in [-0.25, -0.2) is 0 Å². The predicted molar refractivity (Wildman–Crippen MR) is 72.7 cm³/mol. The number of amides is 1. The Balaban J connectivity index is 2.08. The highest BCUT2D eigenvalue weighted by Gasteiger charge is 2.34. The molecule has 0 radical (unpaired) electrons. The average molecular weight is 252 g/mol. The van der Waals surface area contributed by atoms with Crippen molar-refractivity contribution in [2.24, 2.45) is 5.92 Å². The molecule has 0 bridgehead atoms. The third-order valence-corrected chi connectivity index (χ3v) is 4.02. The van der Waals surface area contributed by atoms with Gasteiger partial charge in [0.1, 0.15) is 0 Å². The molecule has 0 aliphatic heterocycles. The second kappa shape index (κ2) is 5.19. The lowest BCUT2D eigenvalue weighted by molar-refractivity contribution is -0.119. The van der Waals surface area contributed by atoms with Crippen LogP contribution in [0.2, 0.25) is 0 Å². The summed E-state index contributed by atoms with van der Waals surface area (Å²) in [5.41, 5.74) is 1.24. The molecule has 3 nitrogen and oxygen atoms in total. The van der Waals surface area contributed by atoms with Crippen molar-refractivity contribution in [3.05, 3.63) is 17.0 Å². The second-order valence-electron chi connectivity index (χ2n) is 5.03. The summed E-state index contributed by atoms with van der Waals surface area (Å²) in [5, 5.41) is 3.21. The lowest BCUT2D eigenvalue weighted by atomic mass is 10.3. The molecular formula is C13H20N2OS. The van der Waals surface area contributed by atoms with E-state index < -0.39 is 0 Å². The number of rotatable bonds is 5. The summed E-state index contributed by atoms with van der Waals surface area (Å²) in [6.45, 7) is 3.78. The van der Waals surface area contributed by atoms with Crippen LogP contribution in [-0.4, -0.2) is 38.0 Å². The SMILES string of the molecule is Cc1csc(N(CCN(C)C)C(=O)C2CC2)c1. The third-order valence-electron chi connectivity index (χ3n) is 2.95. The largest absolute Gasteiger partial charge is 0.308 e. The van der Waals surface area contributed by atoms with Crippen LogP contribution in [0.4, 0.5) is 5.00 Å². The van der Waals surface area contributed by atoms with Crippen LogP contribution in [0.25, 0.3) is 0 Å². The molecule has 0 unspecified atom stereocenters. The summed E-state index contributed by atoms with van der Waals surface area (Å²) in [7, 11) is 4.08. The summed E-state index contributed by atoms with van der Waals surface area (Å²) in [5.74, 6) is 0.605. The summed E-state index contributed by atoms with van der Waals surface area (Å²) < 4.78 is 0. The molecule has 1 aromatic heterocycles. The van der Waals surface area contributed by atoms with Gasteiger partial charge in [-0.2, -0.15) is 0 Å². The fourth-order valence-electron chi connectivity index (χ4n) is 1.74. The summed E-state index contributed by atoms with van der Waals surface area (Å²) >= 11 is 1.67. The minimum Gasteiger partial charge on any atom is -0.308 e. The van der Waals surface area contributed by atoms with Crippen molar-refractivity contribution in [2.45, 2.75) is 19.8 Å². The van der Waals surface area contributed by atoms with Crippen molar-refractivity contribution in [1.29, 1.82) is 0 Å². The van der Waals surface area contributed by atoms with E-state index in [4.69, 9.17) is 0 Å². The molecular weight excluding hydrogens is 232 g/mol. The zero-order valence-corrected chi connectivity index (χ0v) is 11.6. The first-order valence-electron chi connectivity index (χ1n) is 6.09. The Bertz CT molecular complexity index is 396. The van der Waals surface area contributed by atoms with Crippen molar-refractivity contribution in [3.8, 4) is 0 Å². The maximum Gasteiger partial charge on any atom is 0.230 e. The number of likely N-dealkylation sites (N-methyl/N-ethyl adjacent to an activating group) is 1. The minimum atomic E-state index is 0.291. The van der Waals surface area contributed by atoms with E-state index in [1.54, 1.807) is 11.3 Å².